The van der Waals surface area contributed by atoms with Gasteiger partial charge in [0.1, 0.15) is 0 Å². The molecule has 6 heteroatoms. The van der Waals surface area contributed by atoms with E-state index in [0.717, 1.165) is 0 Å². The molecule has 0 saturated heterocycles. The average Bonchev–Trinajstić information content (AvgIpc) is 2.36. The highest BCUT2D eigenvalue weighted by Crippen LogP contribution is 2.01. The van der Waals surface area contributed by atoms with Crippen molar-refractivity contribution in [2.45, 2.75) is 13.5 Å². The van der Waals surface area contributed by atoms with Crippen molar-refractivity contribution in [3.05, 3.63) is 29.6 Å². The van der Waals surface area contributed by atoms with Crippen molar-refractivity contribution in [2.75, 3.05) is 13.7 Å². The highest BCUT2D eigenvalue weighted by atomic mass is 16.5. The number of pyridine rings is 1. The lowest BCUT2D eigenvalue weighted by atomic mass is 10.2. The van der Waals surface area contributed by atoms with Crippen LogP contribution in [0.2, 0.25) is 0 Å². The van der Waals surface area contributed by atoms with E-state index in [4.69, 9.17) is 0 Å². The van der Waals surface area contributed by atoms with Gasteiger partial charge in [-0.3, -0.25) is 9.78 Å². The molecule has 2 N–H and O–H groups in total. The Morgan fingerprint density at radius 1 is 1.41 bits per heavy atom. The van der Waals surface area contributed by atoms with E-state index < -0.39 is 6.09 Å². The van der Waals surface area contributed by atoms with Crippen LogP contribution in [0.4, 0.5) is 4.79 Å². The standard InChI is InChI=1S/C11H15N3O3/c1-3-12-10(15)8-4-5-13-9(6-8)7-14-11(16)17-2/h4-6H,3,7H2,1-2H3,(H,12,15)(H,14,16). The Hall–Kier alpha value is -2.11. The SMILES string of the molecule is CCNC(=O)c1ccnc(CNC(=O)OC)c1. The lowest BCUT2D eigenvalue weighted by Gasteiger charge is -2.05. The maximum absolute atomic E-state index is 11.5. The highest BCUT2D eigenvalue weighted by molar-refractivity contribution is 5.94. The Morgan fingerprint density at radius 3 is 2.82 bits per heavy atom. The number of nitrogens with one attached hydrogen (secondary N) is 2. The molecule has 1 heterocycles. The van der Waals surface area contributed by atoms with Crippen LogP contribution in [0.5, 0.6) is 0 Å². The number of rotatable bonds is 4. The molecule has 0 radical (unpaired) electrons. The number of methoxy groups -OCH3 is 1. The van der Waals surface area contributed by atoms with Crippen LogP contribution in [0.3, 0.4) is 0 Å². The van der Waals surface area contributed by atoms with E-state index in [1.807, 2.05) is 6.92 Å². The van der Waals surface area contributed by atoms with Crippen molar-refractivity contribution in [1.29, 1.82) is 0 Å². The maximum Gasteiger partial charge on any atom is 0.407 e. The van der Waals surface area contributed by atoms with E-state index in [1.54, 1.807) is 12.1 Å². The lowest BCUT2D eigenvalue weighted by molar-refractivity contribution is 0.0955. The van der Waals surface area contributed by atoms with E-state index in [-0.39, 0.29) is 12.5 Å². The van der Waals surface area contributed by atoms with Gasteiger partial charge in [-0.05, 0) is 19.1 Å². The zero-order chi connectivity index (χ0) is 12.7. The zero-order valence-electron chi connectivity index (χ0n) is 9.82. The van der Waals surface area contributed by atoms with Crippen molar-refractivity contribution < 1.29 is 14.3 Å². The number of carbonyl (C=O) groups excluding carboxylic acids is 2. The molecule has 0 unspecified atom stereocenters. The van der Waals surface area contributed by atoms with Gasteiger partial charge < -0.3 is 15.4 Å². The molecule has 2 amide bonds. The molecule has 0 aliphatic rings. The number of alkyl carbamates (subject to hydrolysis) is 1. The van der Waals surface area contributed by atoms with Crippen LogP contribution in [0.25, 0.3) is 0 Å². The third kappa shape index (κ3) is 4.10. The largest absolute Gasteiger partial charge is 0.453 e. The molecule has 0 saturated carbocycles. The lowest BCUT2D eigenvalue weighted by Crippen LogP contribution is -2.25. The van der Waals surface area contributed by atoms with E-state index in [9.17, 15) is 9.59 Å². The first kappa shape index (κ1) is 13.0. The molecule has 0 bridgehead atoms. The van der Waals surface area contributed by atoms with Crippen LogP contribution >= 0.6 is 0 Å². The molecule has 92 valence electrons. The molecule has 0 aliphatic heterocycles. The molecular weight excluding hydrogens is 222 g/mol. The van der Waals surface area contributed by atoms with Crippen LogP contribution in [0.1, 0.15) is 23.0 Å². The fourth-order valence-electron chi connectivity index (χ4n) is 1.21. The quantitative estimate of drug-likeness (QED) is 0.807. The van der Waals surface area contributed by atoms with Crippen molar-refractivity contribution in [3.8, 4) is 0 Å². The van der Waals surface area contributed by atoms with E-state index in [0.29, 0.717) is 17.8 Å². The zero-order valence-corrected chi connectivity index (χ0v) is 9.82. The third-order valence-corrected chi connectivity index (χ3v) is 2.02. The minimum absolute atomic E-state index is 0.158. The predicted octanol–water partition coefficient (Wildman–Crippen LogP) is 0.687. The van der Waals surface area contributed by atoms with Gasteiger partial charge in [0, 0.05) is 18.3 Å². The van der Waals surface area contributed by atoms with Gasteiger partial charge >= 0.3 is 6.09 Å². The minimum Gasteiger partial charge on any atom is -0.453 e. The molecule has 17 heavy (non-hydrogen) atoms. The highest BCUT2D eigenvalue weighted by Gasteiger charge is 2.06. The third-order valence-electron chi connectivity index (χ3n) is 2.02. The molecule has 0 aliphatic carbocycles. The average molecular weight is 237 g/mol. The van der Waals surface area contributed by atoms with Crippen LogP contribution < -0.4 is 10.6 Å². The second-order valence-corrected chi connectivity index (χ2v) is 3.24. The van der Waals surface area contributed by atoms with Gasteiger partial charge in [0.15, 0.2) is 0 Å². The van der Waals surface area contributed by atoms with E-state index in [1.165, 1.54) is 13.3 Å². The summed E-state index contributed by atoms with van der Waals surface area (Å²) < 4.78 is 4.43. The summed E-state index contributed by atoms with van der Waals surface area (Å²) in [5.41, 5.74) is 1.11. The summed E-state index contributed by atoms with van der Waals surface area (Å²) in [6.45, 7) is 2.63. The predicted molar refractivity (Wildman–Crippen MR) is 61.5 cm³/mol. The molecule has 6 nitrogen and oxygen atoms in total. The Morgan fingerprint density at radius 2 is 2.18 bits per heavy atom. The van der Waals surface area contributed by atoms with E-state index in [2.05, 4.69) is 20.4 Å². The Balaban J connectivity index is 2.65. The Kier molecular flexibility index (Phi) is 4.93. The number of ether oxygens (including phenoxy) is 1. The van der Waals surface area contributed by atoms with Gasteiger partial charge in [0.2, 0.25) is 0 Å². The first-order valence-electron chi connectivity index (χ1n) is 5.22. The van der Waals surface area contributed by atoms with Gasteiger partial charge in [-0.2, -0.15) is 0 Å². The van der Waals surface area contributed by atoms with Crippen LogP contribution in [0, 0.1) is 0 Å². The molecule has 1 aromatic heterocycles. The van der Waals surface area contributed by atoms with Crippen LogP contribution in [0.15, 0.2) is 18.3 Å². The van der Waals surface area contributed by atoms with Gasteiger partial charge in [0.05, 0.1) is 19.3 Å². The summed E-state index contributed by atoms with van der Waals surface area (Å²) in [5.74, 6) is -0.158. The fourth-order valence-corrected chi connectivity index (χ4v) is 1.21. The second kappa shape index (κ2) is 6.47. The molecule has 0 fully saturated rings. The van der Waals surface area contributed by atoms with Gasteiger partial charge in [0.25, 0.3) is 5.91 Å². The summed E-state index contributed by atoms with van der Waals surface area (Å²) in [5, 5.41) is 5.18. The topological polar surface area (TPSA) is 80.3 Å². The first-order valence-corrected chi connectivity index (χ1v) is 5.22. The number of nitrogens with zero attached hydrogens (tertiary/aromatic N) is 1. The maximum atomic E-state index is 11.5. The molecular formula is C11H15N3O3. The van der Waals surface area contributed by atoms with Gasteiger partial charge in [-0.1, -0.05) is 0 Å². The Labute approximate surface area is 99.4 Å². The van der Waals surface area contributed by atoms with E-state index >= 15 is 0 Å². The number of hydrogen-bond donors (Lipinski definition) is 2. The normalized spacial score (nSPS) is 9.53. The molecule has 1 aromatic rings. The molecule has 1 rings (SSSR count). The number of aromatic nitrogens is 1. The van der Waals surface area contributed by atoms with Gasteiger partial charge in [-0.15, -0.1) is 0 Å². The summed E-state index contributed by atoms with van der Waals surface area (Å²) in [6, 6.07) is 3.24. The first-order chi connectivity index (χ1) is 8.17. The van der Waals surface area contributed by atoms with Gasteiger partial charge in [-0.25, -0.2) is 4.79 Å². The van der Waals surface area contributed by atoms with Crippen molar-refractivity contribution >= 4 is 12.0 Å². The fraction of sp³-hybridized carbons (Fsp3) is 0.364. The number of amides is 2. The number of hydrogen-bond acceptors (Lipinski definition) is 4. The van der Waals surface area contributed by atoms with Crippen LogP contribution in [-0.4, -0.2) is 30.6 Å². The smallest absolute Gasteiger partial charge is 0.407 e. The molecule has 0 aromatic carbocycles. The number of carbonyl (C=O) groups is 2. The molecule has 0 atom stereocenters. The van der Waals surface area contributed by atoms with Crippen molar-refractivity contribution in [3.63, 3.8) is 0 Å². The minimum atomic E-state index is -0.532. The van der Waals surface area contributed by atoms with Crippen LogP contribution in [-0.2, 0) is 11.3 Å². The van der Waals surface area contributed by atoms with Crippen molar-refractivity contribution in [1.82, 2.24) is 15.6 Å². The summed E-state index contributed by atoms with van der Waals surface area (Å²) in [4.78, 5) is 26.4. The Bertz CT molecular complexity index is 407. The summed E-state index contributed by atoms with van der Waals surface area (Å²) in [6.07, 6.45) is 0.994. The second-order valence-electron chi connectivity index (χ2n) is 3.24. The summed E-state index contributed by atoms with van der Waals surface area (Å²) in [7, 11) is 1.29. The van der Waals surface area contributed by atoms with Crippen molar-refractivity contribution in [2.24, 2.45) is 0 Å². The summed E-state index contributed by atoms with van der Waals surface area (Å²) >= 11 is 0. The monoisotopic (exact) mass is 237 g/mol. The molecule has 0 spiro atoms.